The normalized spacial score (nSPS) is 11.6. The molecule has 0 aliphatic heterocycles. The van der Waals surface area contributed by atoms with E-state index in [1.54, 1.807) is 49.4 Å². The molecule has 2 rings (SSSR count). The summed E-state index contributed by atoms with van der Waals surface area (Å²) in [5.41, 5.74) is 0.751. The number of hydrogen-bond donors (Lipinski definition) is 1. The summed E-state index contributed by atoms with van der Waals surface area (Å²) in [7, 11) is 0. The number of halogens is 3. The number of amides is 2. The van der Waals surface area contributed by atoms with E-state index >= 15 is 0 Å². The fourth-order valence-corrected chi connectivity index (χ4v) is 3.11. The Morgan fingerprint density at radius 3 is 2.45 bits per heavy atom. The molecule has 0 saturated carbocycles. The van der Waals surface area contributed by atoms with Crippen LogP contribution in [0.5, 0.6) is 5.75 Å². The van der Waals surface area contributed by atoms with E-state index < -0.39 is 6.04 Å². The lowest BCUT2D eigenvalue weighted by Crippen LogP contribution is -2.49. The lowest BCUT2D eigenvalue weighted by Gasteiger charge is -2.29. The summed E-state index contributed by atoms with van der Waals surface area (Å²) < 4.78 is 5.57. The fourth-order valence-electron chi connectivity index (χ4n) is 2.60. The van der Waals surface area contributed by atoms with E-state index in [1.165, 1.54) is 4.90 Å². The van der Waals surface area contributed by atoms with Gasteiger partial charge in [0.15, 0.2) is 6.61 Å². The second-order valence-electron chi connectivity index (χ2n) is 6.46. The molecule has 1 N–H and O–H groups in total. The van der Waals surface area contributed by atoms with Crippen LogP contribution in [0.25, 0.3) is 0 Å². The zero-order valence-corrected chi connectivity index (χ0v) is 18.5. The number of nitrogens with zero attached hydrogens (tertiary/aromatic N) is 1. The largest absolute Gasteiger partial charge is 0.482 e. The molecule has 1 atom stereocenters. The molecule has 0 fully saturated rings. The van der Waals surface area contributed by atoms with Gasteiger partial charge in [-0.3, -0.25) is 9.59 Å². The Morgan fingerprint density at radius 2 is 1.79 bits per heavy atom. The van der Waals surface area contributed by atoms with Crippen LogP contribution in [0.4, 0.5) is 0 Å². The van der Waals surface area contributed by atoms with Crippen molar-refractivity contribution in [2.45, 2.75) is 32.9 Å². The van der Waals surface area contributed by atoms with Crippen LogP contribution in [0.2, 0.25) is 15.1 Å². The van der Waals surface area contributed by atoms with Crippen molar-refractivity contribution >= 4 is 46.6 Å². The van der Waals surface area contributed by atoms with Gasteiger partial charge in [-0.1, -0.05) is 59.9 Å². The van der Waals surface area contributed by atoms with Crippen LogP contribution in [0.15, 0.2) is 42.5 Å². The highest BCUT2D eigenvalue weighted by atomic mass is 35.5. The van der Waals surface area contributed by atoms with Crippen LogP contribution in [0, 0.1) is 0 Å². The van der Waals surface area contributed by atoms with E-state index in [2.05, 4.69) is 5.32 Å². The fraction of sp³-hybridized carbons (Fsp3) is 0.333. The summed E-state index contributed by atoms with van der Waals surface area (Å²) in [6.45, 7) is 4.10. The average Bonchev–Trinajstić information content (AvgIpc) is 2.71. The Morgan fingerprint density at radius 1 is 1.07 bits per heavy atom. The molecule has 0 saturated heterocycles. The number of rotatable bonds is 9. The molecule has 29 heavy (non-hydrogen) atoms. The van der Waals surface area contributed by atoms with Crippen molar-refractivity contribution in [3.05, 3.63) is 63.1 Å². The summed E-state index contributed by atoms with van der Waals surface area (Å²) in [5, 5.41) is 4.02. The van der Waals surface area contributed by atoms with Crippen LogP contribution in [-0.2, 0) is 16.1 Å². The Labute approximate surface area is 185 Å². The van der Waals surface area contributed by atoms with Crippen LogP contribution in [0.3, 0.4) is 0 Å². The van der Waals surface area contributed by atoms with E-state index in [1.807, 2.05) is 6.92 Å². The Hall–Kier alpha value is -1.95. The van der Waals surface area contributed by atoms with E-state index in [-0.39, 0.29) is 25.0 Å². The molecule has 0 aromatic heterocycles. The van der Waals surface area contributed by atoms with Gasteiger partial charge >= 0.3 is 0 Å². The quantitative estimate of drug-likeness (QED) is 0.578. The van der Waals surface area contributed by atoms with Gasteiger partial charge in [-0.2, -0.15) is 0 Å². The smallest absolute Gasteiger partial charge is 0.261 e. The molecule has 8 heteroatoms. The number of carbonyl (C=O) groups is 2. The number of hydrogen-bond acceptors (Lipinski definition) is 3. The molecule has 0 spiro atoms. The molecule has 0 heterocycles. The van der Waals surface area contributed by atoms with Gasteiger partial charge in [0.25, 0.3) is 5.91 Å². The minimum atomic E-state index is -0.696. The molecular formula is C21H23Cl3N2O3. The van der Waals surface area contributed by atoms with Gasteiger partial charge in [-0.25, -0.2) is 0 Å². The van der Waals surface area contributed by atoms with Gasteiger partial charge in [0.2, 0.25) is 5.91 Å². The second-order valence-corrected chi connectivity index (χ2v) is 7.68. The molecule has 0 aliphatic rings. The van der Waals surface area contributed by atoms with Crippen LogP contribution < -0.4 is 10.1 Å². The predicted octanol–water partition coefficient (Wildman–Crippen LogP) is 4.97. The molecule has 2 aromatic rings. The SMILES string of the molecule is CCCNC(=O)[C@H](C)N(Cc1ccc(Cl)c(Cl)c1)C(=O)COc1ccccc1Cl. The summed E-state index contributed by atoms with van der Waals surface area (Å²) in [6.07, 6.45) is 0.800. The van der Waals surface area contributed by atoms with Crippen LogP contribution in [0.1, 0.15) is 25.8 Å². The lowest BCUT2D eigenvalue weighted by atomic mass is 10.1. The highest BCUT2D eigenvalue weighted by Gasteiger charge is 2.26. The van der Waals surface area contributed by atoms with E-state index in [0.29, 0.717) is 27.4 Å². The number of para-hydroxylation sites is 1. The lowest BCUT2D eigenvalue weighted by molar-refractivity contribution is -0.142. The maximum absolute atomic E-state index is 12.9. The zero-order chi connectivity index (χ0) is 21.4. The zero-order valence-electron chi connectivity index (χ0n) is 16.3. The van der Waals surface area contributed by atoms with Crippen molar-refractivity contribution in [3.63, 3.8) is 0 Å². The Kier molecular flexibility index (Phi) is 9.08. The van der Waals surface area contributed by atoms with Crippen molar-refractivity contribution in [1.82, 2.24) is 10.2 Å². The van der Waals surface area contributed by atoms with Crippen molar-refractivity contribution in [3.8, 4) is 5.75 Å². The van der Waals surface area contributed by atoms with Gasteiger partial charge in [-0.15, -0.1) is 0 Å². The molecule has 0 bridgehead atoms. The molecule has 0 radical (unpaired) electrons. The van der Waals surface area contributed by atoms with E-state index in [9.17, 15) is 9.59 Å². The number of nitrogens with one attached hydrogen (secondary N) is 1. The maximum atomic E-state index is 12.9. The van der Waals surface area contributed by atoms with Gasteiger partial charge < -0.3 is 15.0 Å². The molecule has 0 unspecified atom stereocenters. The molecule has 5 nitrogen and oxygen atoms in total. The monoisotopic (exact) mass is 456 g/mol. The maximum Gasteiger partial charge on any atom is 0.261 e. The van der Waals surface area contributed by atoms with Gasteiger partial charge in [0, 0.05) is 13.1 Å². The molecule has 156 valence electrons. The van der Waals surface area contributed by atoms with Crippen molar-refractivity contribution in [1.29, 1.82) is 0 Å². The molecule has 2 amide bonds. The van der Waals surface area contributed by atoms with E-state index in [0.717, 1.165) is 12.0 Å². The summed E-state index contributed by atoms with van der Waals surface area (Å²) in [5.74, 6) is -0.187. The average molecular weight is 458 g/mol. The predicted molar refractivity (Wildman–Crippen MR) is 117 cm³/mol. The standard InChI is InChI=1S/C21H23Cl3N2O3/c1-3-10-25-21(28)14(2)26(12-15-8-9-16(22)18(24)11-15)20(27)13-29-19-7-5-4-6-17(19)23/h4-9,11,14H,3,10,12-13H2,1-2H3,(H,25,28)/t14-/m0/s1. The molecule has 2 aromatic carbocycles. The first-order valence-corrected chi connectivity index (χ1v) is 10.3. The van der Waals surface area contributed by atoms with Gasteiger partial charge in [-0.05, 0) is 43.2 Å². The van der Waals surface area contributed by atoms with Crippen LogP contribution in [-0.4, -0.2) is 35.9 Å². The van der Waals surface area contributed by atoms with Crippen LogP contribution >= 0.6 is 34.8 Å². The minimum absolute atomic E-state index is 0.183. The first kappa shape index (κ1) is 23.3. The molecular weight excluding hydrogens is 435 g/mol. The second kappa shape index (κ2) is 11.3. The third kappa shape index (κ3) is 6.81. The highest BCUT2D eigenvalue weighted by molar-refractivity contribution is 6.42. The first-order valence-electron chi connectivity index (χ1n) is 9.22. The number of ether oxygens (including phenoxy) is 1. The number of benzene rings is 2. The van der Waals surface area contributed by atoms with Gasteiger partial charge in [0.1, 0.15) is 11.8 Å². The minimum Gasteiger partial charge on any atom is -0.482 e. The third-order valence-electron chi connectivity index (χ3n) is 4.24. The summed E-state index contributed by atoms with van der Waals surface area (Å²) in [6, 6.07) is 11.3. The van der Waals surface area contributed by atoms with Crippen molar-refractivity contribution < 1.29 is 14.3 Å². The Bertz CT molecular complexity index is 861. The first-order chi connectivity index (χ1) is 13.8. The van der Waals surface area contributed by atoms with Crippen molar-refractivity contribution in [2.24, 2.45) is 0 Å². The van der Waals surface area contributed by atoms with Crippen molar-refractivity contribution in [2.75, 3.05) is 13.2 Å². The summed E-state index contributed by atoms with van der Waals surface area (Å²) >= 11 is 18.1. The summed E-state index contributed by atoms with van der Waals surface area (Å²) in [4.78, 5) is 26.8. The Balaban J connectivity index is 2.17. The highest BCUT2D eigenvalue weighted by Crippen LogP contribution is 2.25. The van der Waals surface area contributed by atoms with Gasteiger partial charge in [0.05, 0.1) is 15.1 Å². The topological polar surface area (TPSA) is 58.6 Å². The van der Waals surface area contributed by atoms with E-state index in [4.69, 9.17) is 39.5 Å². The molecule has 0 aliphatic carbocycles. The third-order valence-corrected chi connectivity index (χ3v) is 5.29. The number of carbonyl (C=O) groups excluding carboxylic acids is 2.